The predicted octanol–water partition coefficient (Wildman–Crippen LogP) is 1.62. The first-order chi connectivity index (χ1) is 10.9. The van der Waals surface area contributed by atoms with Gasteiger partial charge in [0.2, 0.25) is 10.0 Å². The van der Waals surface area contributed by atoms with Crippen LogP contribution in [0.2, 0.25) is 0 Å². The summed E-state index contributed by atoms with van der Waals surface area (Å²) in [5, 5.41) is 4.06. The van der Waals surface area contributed by atoms with Crippen molar-refractivity contribution < 1.29 is 21.6 Å². The van der Waals surface area contributed by atoms with Crippen molar-refractivity contribution in [2.24, 2.45) is 7.05 Å². The van der Waals surface area contributed by atoms with Crippen LogP contribution in [0.25, 0.3) is 0 Å². The number of rotatable bonds is 5. The second-order valence-electron chi connectivity index (χ2n) is 5.47. The van der Waals surface area contributed by atoms with Gasteiger partial charge in [-0.05, 0) is 13.8 Å². The first kappa shape index (κ1) is 18.5. The monoisotopic (exact) mass is 365 g/mol. The Morgan fingerprint density at radius 1 is 1.29 bits per heavy atom. The van der Waals surface area contributed by atoms with Gasteiger partial charge in [0, 0.05) is 26.5 Å². The maximum absolute atomic E-state index is 12.7. The molecule has 0 unspecified atom stereocenters. The van der Waals surface area contributed by atoms with Crippen molar-refractivity contribution in [2.75, 3.05) is 7.05 Å². The molecule has 2 aromatic rings. The number of aromatic nitrogens is 4. The van der Waals surface area contributed by atoms with E-state index in [0.717, 1.165) is 8.87 Å². The minimum atomic E-state index is -4.41. The average Bonchev–Trinajstić information content (AvgIpc) is 2.93. The van der Waals surface area contributed by atoms with E-state index in [9.17, 15) is 21.6 Å². The quantitative estimate of drug-likeness (QED) is 0.807. The zero-order valence-corrected chi connectivity index (χ0v) is 14.5. The van der Waals surface area contributed by atoms with Gasteiger partial charge in [0.05, 0.1) is 17.9 Å². The topological polar surface area (TPSA) is 73.0 Å². The zero-order valence-electron chi connectivity index (χ0n) is 13.7. The third kappa shape index (κ3) is 3.61. The molecule has 0 aliphatic rings. The van der Waals surface area contributed by atoms with E-state index in [1.807, 2.05) is 0 Å². The van der Waals surface area contributed by atoms with Gasteiger partial charge >= 0.3 is 6.18 Å². The Bertz CT molecular complexity index is 838. The number of nitrogens with zero attached hydrogens (tertiary/aromatic N) is 5. The SMILES string of the molecule is Cc1nn(C)c(C)c1S(=O)(=O)N(C)Cc1nccn1CC(F)(F)F. The number of alkyl halides is 3. The van der Waals surface area contributed by atoms with Gasteiger partial charge in [-0.15, -0.1) is 0 Å². The molecule has 2 aromatic heterocycles. The van der Waals surface area contributed by atoms with Gasteiger partial charge in [-0.25, -0.2) is 13.4 Å². The molecule has 2 rings (SSSR count). The number of sulfonamides is 1. The standard InChI is InChI=1S/C13H18F3N5O2S/c1-9-12(10(2)20(4)18-9)24(22,23)19(3)7-11-17-5-6-21(11)8-13(14,15)16/h5-6H,7-8H2,1-4H3. The normalized spacial score (nSPS) is 13.0. The van der Waals surface area contributed by atoms with Gasteiger partial charge in [0.1, 0.15) is 17.3 Å². The largest absolute Gasteiger partial charge is 0.406 e. The van der Waals surface area contributed by atoms with E-state index in [1.54, 1.807) is 20.9 Å². The highest BCUT2D eigenvalue weighted by Gasteiger charge is 2.31. The van der Waals surface area contributed by atoms with E-state index >= 15 is 0 Å². The molecule has 2 heterocycles. The number of hydrogen-bond donors (Lipinski definition) is 0. The second-order valence-corrected chi connectivity index (χ2v) is 7.45. The molecule has 0 atom stereocenters. The summed E-state index contributed by atoms with van der Waals surface area (Å²) in [4.78, 5) is 3.89. The van der Waals surface area contributed by atoms with Gasteiger partial charge in [0.15, 0.2) is 0 Å². The van der Waals surface area contributed by atoms with E-state index in [1.165, 1.54) is 24.1 Å². The lowest BCUT2D eigenvalue weighted by atomic mass is 10.4. The predicted molar refractivity (Wildman–Crippen MR) is 79.6 cm³/mol. The summed E-state index contributed by atoms with van der Waals surface area (Å²) in [6, 6.07) is 0. The summed E-state index contributed by atoms with van der Waals surface area (Å²) >= 11 is 0. The average molecular weight is 365 g/mol. The van der Waals surface area contributed by atoms with Crippen LogP contribution >= 0.6 is 0 Å². The number of imidazole rings is 1. The van der Waals surface area contributed by atoms with Crippen LogP contribution in [-0.2, 0) is 30.2 Å². The van der Waals surface area contributed by atoms with Crippen molar-refractivity contribution in [3.8, 4) is 0 Å². The minimum absolute atomic E-state index is 0.0117. The Balaban J connectivity index is 2.30. The molecule has 0 fully saturated rings. The molecule has 0 amide bonds. The summed E-state index contributed by atoms with van der Waals surface area (Å²) in [7, 11) is -0.979. The van der Waals surface area contributed by atoms with Crippen LogP contribution in [0.3, 0.4) is 0 Å². The Morgan fingerprint density at radius 2 is 1.92 bits per heavy atom. The molecule has 0 N–H and O–H groups in total. The Kier molecular flexibility index (Phi) is 4.77. The number of hydrogen-bond acceptors (Lipinski definition) is 4. The fourth-order valence-electron chi connectivity index (χ4n) is 2.40. The van der Waals surface area contributed by atoms with Crippen molar-refractivity contribution in [3.05, 3.63) is 29.6 Å². The van der Waals surface area contributed by atoms with E-state index in [4.69, 9.17) is 0 Å². The van der Waals surface area contributed by atoms with Crippen molar-refractivity contribution in [1.29, 1.82) is 0 Å². The molecule has 24 heavy (non-hydrogen) atoms. The van der Waals surface area contributed by atoms with Gasteiger partial charge in [-0.1, -0.05) is 0 Å². The summed E-state index contributed by atoms with van der Waals surface area (Å²) in [5.74, 6) is 0.0117. The maximum atomic E-state index is 12.7. The molecule has 134 valence electrons. The lowest BCUT2D eigenvalue weighted by molar-refractivity contribution is -0.141. The molecule has 0 aliphatic heterocycles. The minimum Gasteiger partial charge on any atom is -0.325 e. The van der Waals surface area contributed by atoms with E-state index in [2.05, 4.69) is 10.1 Å². The Labute approximate surface area is 137 Å². The van der Waals surface area contributed by atoms with Crippen LogP contribution in [0, 0.1) is 13.8 Å². The van der Waals surface area contributed by atoms with E-state index in [0.29, 0.717) is 11.4 Å². The summed E-state index contributed by atoms with van der Waals surface area (Å²) < 4.78 is 66.4. The second kappa shape index (κ2) is 6.20. The third-order valence-corrected chi connectivity index (χ3v) is 5.68. The summed E-state index contributed by atoms with van der Waals surface area (Å²) in [6.07, 6.45) is -2.03. The van der Waals surface area contributed by atoms with Gasteiger partial charge in [0.25, 0.3) is 0 Å². The highest BCUT2D eigenvalue weighted by atomic mass is 32.2. The van der Waals surface area contributed by atoms with Crippen LogP contribution in [0.1, 0.15) is 17.2 Å². The molecule has 0 spiro atoms. The molecule has 0 aromatic carbocycles. The Morgan fingerprint density at radius 3 is 2.42 bits per heavy atom. The highest BCUT2D eigenvalue weighted by molar-refractivity contribution is 7.89. The molecule has 11 heteroatoms. The smallest absolute Gasteiger partial charge is 0.325 e. The van der Waals surface area contributed by atoms with Crippen molar-refractivity contribution in [1.82, 2.24) is 23.6 Å². The van der Waals surface area contributed by atoms with Gasteiger partial charge in [-0.2, -0.15) is 22.6 Å². The molecular weight excluding hydrogens is 347 g/mol. The Hall–Kier alpha value is -1.88. The fraction of sp³-hybridized carbons (Fsp3) is 0.538. The van der Waals surface area contributed by atoms with Crippen LogP contribution < -0.4 is 0 Å². The fourth-order valence-corrected chi connectivity index (χ4v) is 3.91. The van der Waals surface area contributed by atoms with Crippen LogP contribution in [-0.4, -0.2) is 45.3 Å². The molecule has 7 nitrogen and oxygen atoms in total. The third-order valence-electron chi connectivity index (χ3n) is 3.63. The van der Waals surface area contributed by atoms with Crippen LogP contribution in [0.4, 0.5) is 13.2 Å². The summed E-state index contributed by atoms with van der Waals surface area (Å²) in [5.41, 5.74) is 0.790. The first-order valence-corrected chi connectivity index (χ1v) is 8.41. The van der Waals surface area contributed by atoms with Crippen LogP contribution in [0.15, 0.2) is 17.3 Å². The lowest BCUT2D eigenvalue weighted by Crippen LogP contribution is -2.29. The molecule has 0 bridgehead atoms. The number of halogens is 3. The molecule has 0 aliphatic carbocycles. The van der Waals surface area contributed by atoms with Crippen molar-refractivity contribution in [3.63, 3.8) is 0 Å². The first-order valence-electron chi connectivity index (χ1n) is 6.97. The highest BCUT2D eigenvalue weighted by Crippen LogP contribution is 2.24. The molecule has 0 radical (unpaired) electrons. The lowest BCUT2D eigenvalue weighted by Gasteiger charge is -2.18. The molecule has 0 saturated heterocycles. The van der Waals surface area contributed by atoms with Crippen LogP contribution in [0.5, 0.6) is 0 Å². The zero-order chi connectivity index (χ0) is 18.3. The molecule has 0 saturated carbocycles. The van der Waals surface area contributed by atoms with E-state index in [-0.39, 0.29) is 17.3 Å². The van der Waals surface area contributed by atoms with Gasteiger partial charge in [-0.3, -0.25) is 4.68 Å². The van der Waals surface area contributed by atoms with Gasteiger partial charge < -0.3 is 4.57 Å². The maximum Gasteiger partial charge on any atom is 0.406 e. The number of aryl methyl sites for hydroxylation is 2. The van der Waals surface area contributed by atoms with Crippen molar-refractivity contribution in [2.45, 2.75) is 38.0 Å². The summed E-state index contributed by atoms with van der Waals surface area (Å²) in [6.45, 7) is 1.68. The molecular formula is C13H18F3N5O2S. The van der Waals surface area contributed by atoms with E-state index < -0.39 is 22.7 Å². The van der Waals surface area contributed by atoms with Crippen molar-refractivity contribution >= 4 is 10.0 Å².